The van der Waals surface area contributed by atoms with Gasteiger partial charge >= 0.3 is 0 Å². The van der Waals surface area contributed by atoms with Gasteiger partial charge < -0.3 is 14.4 Å². The number of aromatic nitrogens is 2. The molecular formula is C22H29N3O3. The second kappa shape index (κ2) is 9.64. The number of rotatable bonds is 7. The van der Waals surface area contributed by atoms with Crippen molar-refractivity contribution in [2.24, 2.45) is 0 Å². The summed E-state index contributed by atoms with van der Waals surface area (Å²) in [5, 5.41) is 0. The van der Waals surface area contributed by atoms with Crippen molar-refractivity contribution < 1.29 is 14.3 Å². The van der Waals surface area contributed by atoms with Gasteiger partial charge in [0, 0.05) is 37.4 Å². The highest BCUT2D eigenvalue weighted by atomic mass is 16.5. The third-order valence-electron chi connectivity index (χ3n) is 5.07. The van der Waals surface area contributed by atoms with Crippen LogP contribution in [0.4, 0.5) is 0 Å². The SMILES string of the molecule is CCOCc1cnc(C)nc1C1CCN(C(=O)COc2cccc(C)c2)CC1. The Morgan fingerprint density at radius 3 is 2.75 bits per heavy atom. The van der Waals surface area contributed by atoms with Crippen molar-refractivity contribution in [2.75, 3.05) is 26.3 Å². The van der Waals surface area contributed by atoms with Crippen molar-refractivity contribution in [2.45, 2.75) is 46.1 Å². The normalized spacial score (nSPS) is 14.9. The number of benzene rings is 1. The van der Waals surface area contributed by atoms with Gasteiger partial charge in [-0.1, -0.05) is 12.1 Å². The van der Waals surface area contributed by atoms with Gasteiger partial charge in [-0.2, -0.15) is 0 Å². The molecule has 0 bridgehead atoms. The van der Waals surface area contributed by atoms with Crippen molar-refractivity contribution in [3.05, 3.63) is 53.1 Å². The number of carbonyl (C=O) groups excluding carboxylic acids is 1. The third kappa shape index (κ3) is 5.29. The summed E-state index contributed by atoms with van der Waals surface area (Å²) in [7, 11) is 0. The molecule has 1 aromatic heterocycles. The van der Waals surface area contributed by atoms with Crippen LogP contribution in [0.15, 0.2) is 30.5 Å². The van der Waals surface area contributed by atoms with Gasteiger partial charge in [0.1, 0.15) is 11.6 Å². The summed E-state index contributed by atoms with van der Waals surface area (Å²) in [5.74, 6) is 1.88. The zero-order valence-electron chi connectivity index (χ0n) is 17.0. The van der Waals surface area contributed by atoms with E-state index in [0.717, 1.165) is 54.3 Å². The summed E-state index contributed by atoms with van der Waals surface area (Å²) in [6, 6.07) is 7.76. The molecule has 28 heavy (non-hydrogen) atoms. The number of piperidine rings is 1. The molecule has 1 aromatic carbocycles. The second-order valence-corrected chi connectivity index (χ2v) is 7.23. The fourth-order valence-electron chi connectivity index (χ4n) is 3.53. The van der Waals surface area contributed by atoms with Crippen LogP contribution in [0.3, 0.4) is 0 Å². The van der Waals surface area contributed by atoms with E-state index in [-0.39, 0.29) is 12.5 Å². The number of amides is 1. The first-order valence-electron chi connectivity index (χ1n) is 9.94. The first-order valence-corrected chi connectivity index (χ1v) is 9.94. The Morgan fingerprint density at radius 2 is 2.04 bits per heavy atom. The molecule has 0 spiro atoms. The lowest BCUT2D eigenvalue weighted by atomic mass is 9.91. The van der Waals surface area contributed by atoms with Crippen LogP contribution in [-0.4, -0.2) is 47.1 Å². The Morgan fingerprint density at radius 1 is 1.25 bits per heavy atom. The standard InChI is InChI=1S/C22H29N3O3/c1-4-27-14-19-13-23-17(3)24-22(19)18-8-10-25(11-9-18)21(26)15-28-20-7-5-6-16(2)12-20/h5-7,12-13,18H,4,8-11,14-15H2,1-3H3. The molecule has 6 nitrogen and oxygen atoms in total. The number of hydrogen-bond acceptors (Lipinski definition) is 5. The van der Waals surface area contributed by atoms with Crippen LogP contribution >= 0.6 is 0 Å². The number of likely N-dealkylation sites (tertiary alicyclic amines) is 1. The smallest absolute Gasteiger partial charge is 0.260 e. The number of carbonyl (C=O) groups is 1. The van der Waals surface area contributed by atoms with Crippen LogP contribution in [0.5, 0.6) is 5.75 Å². The highest BCUT2D eigenvalue weighted by Gasteiger charge is 2.26. The minimum atomic E-state index is 0.0355. The van der Waals surface area contributed by atoms with Crippen LogP contribution in [0.1, 0.15) is 48.3 Å². The Balaban J connectivity index is 1.55. The van der Waals surface area contributed by atoms with Gasteiger partial charge in [0.25, 0.3) is 5.91 Å². The van der Waals surface area contributed by atoms with E-state index in [1.54, 1.807) is 0 Å². The summed E-state index contributed by atoms with van der Waals surface area (Å²) in [6.07, 6.45) is 3.66. The van der Waals surface area contributed by atoms with Gasteiger partial charge in [0.05, 0.1) is 12.3 Å². The lowest BCUT2D eigenvalue weighted by Crippen LogP contribution is -2.40. The minimum absolute atomic E-state index is 0.0355. The Hall–Kier alpha value is -2.47. The maximum atomic E-state index is 12.5. The fourth-order valence-corrected chi connectivity index (χ4v) is 3.53. The van der Waals surface area contributed by atoms with Crippen LogP contribution < -0.4 is 4.74 Å². The molecule has 3 rings (SSSR count). The number of aryl methyl sites for hydroxylation is 2. The maximum Gasteiger partial charge on any atom is 0.260 e. The summed E-state index contributed by atoms with van der Waals surface area (Å²) in [5.41, 5.74) is 3.25. The van der Waals surface area contributed by atoms with E-state index in [2.05, 4.69) is 9.97 Å². The maximum absolute atomic E-state index is 12.5. The third-order valence-corrected chi connectivity index (χ3v) is 5.07. The lowest BCUT2D eigenvalue weighted by Gasteiger charge is -2.32. The molecule has 0 unspecified atom stereocenters. The van der Waals surface area contributed by atoms with Gasteiger partial charge in [0.15, 0.2) is 6.61 Å². The lowest BCUT2D eigenvalue weighted by molar-refractivity contribution is -0.134. The van der Waals surface area contributed by atoms with E-state index in [9.17, 15) is 4.79 Å². The molecular weight excluding hydrogens is 354 g/mol. The van der Waals surface area contributed by atoms with E-state index in [4.69, 9.17) is 9.47 Å². The van der Waals surface area contributed by atoms with E-state index in [1.807, 2.05) is 56.1 Å². The predicted molar refractivity (Wildman–Crippen MR) is 107 cm³/mol. The molecule has 1 fully saturated rings. The number of hydrogen-bond donors (Lipinski definition) is 0. The van der Waals surface area contributed by atoms with Crippen molar-refractivity contribution >= 4 is 5.91 Å². The zero-order chi connectivity index (χ0) is 19.9. The molecule has 1 aliphatic heterocycles. The molecule has 0 radical (unpaired) electrons. The predicted octanol–water partition coefficient (Wildman–Crippen LogP) is 3.41. The summed E-state index contributed by atoms with van der Waals surface area (Å²) >= 11 is 0. The van der Waals surface area contributed by atoms with Gasteiger partial charge in [0.2, 0.25) is 0 Å². The molecule has 0 saturated carbocycles. The molecule has 0 atom stereocenters. The Labute approximate surface area is 166 Å². The molecule has 1 aliphatic rings. The molecule has 1 saturated heterocycles. The number of nitrogens with zero attached hydrogens (tertiary/aromatic N) is 3. The monoisotopic (exact) mass is 383 g/mol. The van der Waals surface area contributed by atoms with Crippen molar-refractivity contribution in [1.29, 1.82) is 0 Å². The Kier molecular flexibility index (Phi) is 6.98. The summed E-state index contributed by atoms with van der Waals surface area (Å²) in [4.78, 5) is 23.4. The summed E-state index contributed by atoms with van der Waals surface area (Å²) < 4.78 is 11.2. The highest BCUT2D eigenvalue weighted by Crippen LogP contribution is 2.29. The van der Waals surface area contributed by atoms with Gasteiger partial charge in [-0.05, 0) is 51.3 Å². The molecule has 0 aliphatic carbocycles. The van der Waals surface area contributed by atoms with Crippen molar-refractivity contribution in [1.82, 2.24) is 14.9 Å². The first-order chi connectivity index (χ1) is 13.6. The minimum Gasteiger partial charge on any atom is -0.484 e. The van der Waals surface area contributed by atoms with E-state index < -0.39 is 0 Å². The molecule has 6 heteroatoms. The molecule has 1 amide bonds. The molecule has 150 valence electrons. The number of ether oxygens (including phenoxy) is 2. The average molecular weight is 383 g/mol. The Bertz CT molecular complexity index is 801. The van der Waals surface area contributed by atoms with Gasteiger partial charge in [-0.3, -0.25) is 4.79 Å². The van der Waals surface area contributed by atoms with E-state index in [1.165, 1.54) is 0 Å². The topological polar surface area (TPSA) is 64.6 Å². The van der Waals surface area contributed by atoms with Crippen LogP contribution in [0.25, 0.3) is 0 Å². The average Bonchev–Trinajstić information content (AvgIpc) is 2.71. The zero-order valence-corrected chi connectivity index (χ0v) is 17.0. The highest BCUT2D eigenvalue weighted by molar-refractivity contribution is 5.77. The first kappa shape index (κ1) is 20.3. The van der Waals surface area contributed by atoms with Gasteiger partial charge in [-0.15, -0.1) is 0 Å². The quantitative estimate of drug-likeness (QED) is 0.733. The molecule has 2 aromatic rings. The van der Waals surface area contributed by atoms with Crippen molar-refractivity contribution in [3.63, 3.8) is 0 Å². The van der Waals surface area contributed by atoms with Crippen LogP contribution in [-0.2, 0) is 16.1 Å². The van der Waals surface area contributed by atoms with Crippen LogP contribution in [0, 0.1) is 13.8 Å². The summed E-state index contributed by atoms with van der Waals surface area (Å²) in [6.45, 7) is 8.63. The van der Waals surface area contributed by atoms with Crippen LogP contribution in [0.2, 0.25) is 0 Å². The van der Waals surface area contributed by atoms with E-state index >= 15 is 0 Å². The molecule has 0 N–H and O–H groups in total. The molecule has 2 heterocycles. The van der Waals surface area contributed by atoms with Crippen molar-refractivity contribution in [3.8, 4) is 5.75 Å². The van der Waals surface area contributed by atoms with Gasteiger partial charge in [-0.25, -0.2) is 9.97 Å². The van der Waals surface area contributed by atoms with E-state index in [0.29, 0.717) is 19.1 Å². The largest absolute Gasteiger partial charge is 0.484 e. The second-order valence-electron chi connectivity index (χ2n) is 7.23. The fraction of sp³-hybridized carbons (Fsp3) is 0.500.